The largest absolute Gasteiger partial charge is 0.497 e. The number of nitrogens with zero attached hydrogens (tertiary/aromatic N) is 1. The summed E-state index contributed by atoms with van der Waals surface area (Å²) < 4.78 is 15.8. The first-order valence-electron chi connectivity index (χ1n) is 8.05. The van der Waals surface area contributed by atoms with Crippen LogP contribution in [0.1, 0.15) is 48.6 Å². The summed E-state index contributed by atoms with van der Waals surface area (Å²) in [6, 6.07) is 6.62. The van der Waals surface area contributed by atoms with Crippen LogP contribution < -0.4 is 15.8 Å². The van der Waals surface area contributed by atoms with Gasteiger partial charge in [-0.05, 0) is 38.5 Å². The van der Waals surface area contributed by atoms with Crippen LogP contribution in [0, 0.1) is 0 Å². The van der Waals surface area contributed by atoms with Gasteiger partial charge in [0.2, 0.25) is 0 Å². The summed E-state index contributed by atoms with van der Waals surface area (Å²) in [5, 5.41) is 2.71. The lowest BCUT2D eigenvalue weighted by atomic mass is 10.0. The van der Waals surface area contributed by atoms with Crippen LogP contribution in [0.3, 0.4) is 0 Å². The van der Waals surface area contributed by atoms with E-state index >= 15 is 0 Å². The molecule has 0 bridgehead atoms. The smallest absolute Gasteiger partial charge is 0.408 e. The molecule has 0 saturated carbocycles. The third kappa shape index (κ3) is 5.23. The molecule has 2 amide bonds. The number of primary amides is 1. The van der Waals surface area contributed by atoms with Crippen LogP contribution in [0.5, 0.6) is 5.75 Å². The number of rotatable bonds is 6. The van der Waals surface area contributed by atoms with Gasteiger partial charge in [-0.15, -0.1) is 0 Å². The molecule has 1 aromatic heterocycles. The molecular formula is C18H23N3O5. The van der Waals surface area contributed by atoms with Gasteiger partial charge in [0.25, 0.3) is 5.91 Å². The molecule has 140 valence electrons. The Balaban J connectivity index is 2.26. The van der Waals surface area contributed by atoms with Crippen molar-refractivity contribution in [1.82, 2.24) is 10.3 Å². The third-order valence-electron chi connectivity index (χ3n) is 3.43. The van der Waals surface area contributed by atoms with Crippen molar-refractivity contribution in [3.63, 3.8) is 0 Å². The second-order valence-corrected chi connectivity index (χ2v) is 6.68. The minimum Gasteiger partial charge on any atom is -0.497 e. The Kier molecular flexibility index (Phi) is 5.86. The highest BCUT2D eigenvalue weighted by Crippen LogP contribution is 2.23. The van der Waals surface area contributed by atoms with E-state index in [2.05, 4.69) is 10.3 Å². The van der Waals surface area contributed by atoms with Gasteiger partial charge in [0.05, 0.1) is 13.2 Å². The summed E-state index contributed by atoms with van der Waals surface area (Å²) in [6.07, 6.45) is 0.828. The van der Waals surface area contributed by atoms with Crippen LogP contribution in [0.4, 0.5) is 4.79 Å². The van der Waals surface area contributed by atoms with Crippen molar-refractivity contribution >= 4 is 12.0 Å². The molecule has 1 unspecified atom stereocenters. The highest BCUT2D eigenvalue weighted by molar-refractivity contribution is 5.91. The summed E-state index contributed by atoms with van der Waals surface area (Å²) in [5.41, 5.74) is 5.53. The van der Waals surface area contributed by atoms with E-state index in [1.807, 2.05) is 12.1 Å². The average molecular weight is 361 g/mol. The summed E-state index contributed by atoms with van der Waals surface area (Å²) >= 11 is 0. The Labute approximate surface area is 151 Å². The molecule has 8 heteroatoms. The van der Waals surface area contributed by atoms with Crippen molar-refractivity contribution in [3.8, 4) is 5.75 Å². The molecule has 0 aliphatic rings. The number of benzene rings is 1. The van der Waals surface area contributed by atoms with Gasteiger partial charge in [0.1, 0.15) is 11.4 Å². The molecule has 0 saturated heterocycles. The molecule has 1 atom stereocenters. The highest BCUT2D eigenvalue weighted by atomic mass is 16.6. The Morgan fingerprint density at radius 1 is 1.27 bits per heavy atom. The number of methoxy groups -OCH3 is 1. The Bertz CT molecular complexity index is 762. The fourth-order valence-electron chi connectivity index (χ4n) is 2.34. The molecule has 8 nitrogen and oxygen atoms in total. The number of ether oxygens (including phenoxy) is 2. The van der Waals surface area contributed by atoms with Crippen molar-refractivity contribution in [2.75, 3.05) is 7.11 Å². The zero-order valence-electron chi connectivity index (χ0n) is 15.2. The van der Waals surface area contributed by atoms with Crippen LogP contribution in [-0.4, -0.2) is 29.7 Å². The van der Waals surface area contributed by atoms with Gasteiger partial charge < -0.3 is 24.9 Å². The molecule has 3 N–H and O–H groups in total. The van der Waals surface area contributed by atoms with Crippen molar-refractivity contribution in [2.45, 2.75) is 38.8 Å². The second kappa shape index (κ2) is 7.90. The maximum atomic E-state index is 12.2. The zero-order valence-corrected chi connectivity index (χ0v) is 15.2. The fourth-order valence-corrected chi connectivity index (χ4v) is 2.34. The van der Waals surface area contributed by atoms with E-state index in [9.17, 15) is 9.59 Å². The van der Waals surface area contributed by atoms with Gasteiger partial charge in [-0.1, -0.05) is 12.1 Å². The van der Waals surface area contributed by atoms with E-state index in [0.29, 0.717) is 12.2 Å². The third-order valence-corrected chi connectivity index (χ3v) is 3.43. The van der Waals surface area contributed by atoms with Crippen LogP contribution in [0.25, 0.3) is 0 Å². The van der Waals surface area contributed by atoms with Crippen LogP contribution in [0.15, 0.2) is 35.1 Å². The average Bonchev–Trinajstić information content (AvgIpc) is 3.03. The number of hydrogen-bond acceptors (Lipinski definition) is 6. The van der Waals surface area contributed by atoms with Crippen molar-refractivity contribution in [1.29, 1.82) is 0 Å². The van der Waals surface area contributed by atoms with Crippen molar-refractivity contribution < 1.29 is 23.5 Å². The second-order valence-electron chi connectivity index (χ2n) is 6.68. The molecule has 0 aliphatic carbocycles. The number of amides is 2. The number of hydrogen-bond donors (Lipinski definition) is 2. The first kappa shape index (κ1) is 19.3. The van der Waals surface area contributed by atoms with Gasteiger partial charge in [0, 0.05) is 6.42 Å². The lowest BCUT2D eigenvalue weighted by Gasteiger charge is -2.23. The zero-order chi connectivity index (χ0) is 19.3. The molecule has 1 aromatic carbocycles. The van der Waals surface area contributed by atoms with E-state index in [1.165, 1.54) is 0 Å². The molecule has 1 heterocycles. The van der Waals surface area contributed by atoms with Gasteiger partial charge >= 0.3 is 6.09 Å². The molecule has 0 radical (unpaired) electrons. The van der Waals surface area contributed by atoms with Crippen LogP contribution in [0.2, 0.25) is 0 Å². The van der Waals surface area contributed by atoms with E-state index in [-0.39, 0.29) is 11.5 Å². The minimum absolute atomic E-state index is 0.0282. The summed E-state index contributed by atoms with van der Waals surface area (Å²) in [6.45, 7) is 5.27. The number of aromatic nitrogens is 1. The number of alkyl carbamates (subject to hydrolysis) is 1. The van der Waals surface area contributed by atoms with Crippen LogP contribution in [-0.2, 0) is 11.2 Å². The van der Waals surface area contributed by atoms with Crippen molar-refractivity contribution in [2.24, 2.45) is 5.73 Å². The molecular weight excluding hydrogens is 338 g/mol. The van der Waals surface area contributed by atoms with E-state index in [4.69, 9.17) is 19.6 Å². The summed E-state index contributed by atoms with van der Waals surface area (Å²) in [7, 11) is 1.58. The normalized spacial score (nSPS) is 12.3. The lowest BCUT2D eigenvalue weighted by Crippen LogP contribution is -2.36. The molecule has 2 rings (SSSR count). The van der Waals surface area contributed by atoms with Gasteiger partial charge in [-0.25, -0.2) is 9.78 Å². The SMILES string of the molecule is COc1ccc(CC(NC(=O)OC(C)(C)C)c2ocnc2C(N)=O)cc1. The quantitative estimate of drug-likeness (QED) is 0.817. The summed E-state index contributed by atoms with van der Waals surface area (Å²) in [4.78, 5) is 27.6. The first-order chi connectivity index (χ1) is 12.2. The number of nitrogens with one attached hydrogen (secondary N) is 1. The van der Waals surface area contributed by atoms with E-state index in [0.717, 1.165) is 12.0 Å². The van der Waals surface area contributed by atoms with Gasteiger partial charge in [-0.2, -0.15) is 0 Å². The number of nitrogens with two attached hydrogens (primary N) is 1. The minimum atomic E-state index is -0.737. The first-order valence-corrected chi connectivity index (χ1v) is 8.05. The monoisotopic (exact) mass is 361 g/mol. The van der Waals surface area contributed by atoms with Gasteiger partial charge in [-0.3, -0.25) is 4.79 Å². The highest BCUT2D eigenvalue weighted by Gasteiger charge is 2.27. The maximum absolute atomic E-state index is 12.2. The molecule has 26 heavy (non-hydrogen) atoms. The molecule has 0 spiro atoms. The topological polar surface area (TPSA) is 117 Å². The predicted molar refractivity (Wildman–Crippen MR) is 93.8 cm³/mol. The Hall–Kier alpha value is -3.03. The number of carbonyl (C=O) groups excluding carboxylic acids is 2. The van der Waals surface area contributed by atoms with Crippen LogP contribution >= 0.6 is 0 Å². The number of carbonyl (C=O) groups is 2. The summed E-state index contributed by atoms with van der Waals surface area (Å²) in [5.74, 6) is 0.154. The Morgan fingerprint density at radius 2 is 1.92 bits per heavy atom. The van der Waals surface area contributed by atoms with Gasteiger partial charge in [0.15, 0.2) is 17.8 Å². The number of oxazole rings is 1. The molecule has 0 fully saturated rings. The molecule has 0 aliphatic heterocycles. The lowest BCUT2D eigenvalue weighted by molar-refractivity contribution is 0.0496. The Morgan fingerprint density at radius 3 is 2.46 bits per heavy atom. The molecule has 2 aromatic rings. The standard InChI is InChI=1S/C18H23N3O5/c1-18(2,3)26-17(23)21-13(15-14(16(19)22)20-10-25-15)9-11-5-7-12(24-4)8-6-11/h5-8,10,13H,9H2,1-4H3,(H2,19,22)(H,21,23). The van der Waals surface area contributed by atoms with E-state index < -0.39 is 23.6 Å². The fraction of sp³-hybridized carbons (Fsp3) is 0.389. The maximum Gasteiger partial charge on any atom is 0.408 e. The van der Waals surface area contributed by atoms with E-state index in [1.54, 1.807) is 40.0 Å². The predicted octanol–water partition coefficient (Wildman–Crippen LogP) is 2.59. The van der Waals surface area contributed by atoms with Crippen molar-refractivity contribution in [3.05, 3.63) is 47.7 Å².